The van der Waals surface area contributed by atoms with Crippen molar-refractivity contribution >= 4 is 0 Å². The minimum absolute atomic E-state index is 0.00667. The molecule has 17 heavy (non-hydrogen) atoms. The topological polar surface area (TPSA) is 58.9 Å². The largest absolute Gasteiger partial charge is 0.394 e. The smallest absolute Gasteiger partial charge is 0.0779 e. The molecule has 0 rings (SSSR count). The lowest BCUT2D eigenvalue weighted by Crippen LogP contribution is -2.19. The Bertz CT molecular complexity index is 138. The van der Waals surface area contributed by atoms with Crippen LogP contribution in [0.25, 0.3) is 0 Å². The average Bonchev–Trinajstić information content (AvgIpc) is 2.23. The van der Waals surface area contributed by atoms with Crippen molar-refractivity contribution in [3.63, 3.8) is 0 Å². The Kier molecular flexibility index (Phi) is 13.9. The van der Waals surface area contributed by atoms with Gasteiger partial charge in [0.25, 0.3) is 0 Å². The Morgan fingerprint density at radius 2 is 1.41 bits per heavy atom. The van der Waals surface area contributed by atoms with Crippen molar-refractivity contribution < 1.29 is 19.7 Å². The van der Waals surface area contributed by atoms with Crippen molar-refractivity contribution in [1.29, 1.82) is 0 Å². The molecule has 0 aliphatic heterocycles. The summed E-state index contributed by atoms with van der Waals surface area (Å²) in [7, 11) is 0. The highest BCUT2D eigenvalue weighted by Crippen LogP contribution is 1.95. The summed E-state index contributed by atoms with van der Waals surface area (Å²) in [5.74, 6) is 0.664. The highest BCUT2D eigenvalue weighted by Gasteiger charge is 2.00. The van der Waals surface area contributed by atoms with Crippen molar-refractivity contribution in [2.75, 3.05) is 19.8 Å². The fourth-order valence-corrected chi connectivity index (χ4v) is 0.741. The summed E-state index contributed by atoms with van der Waals surface area (Å²) in [6.07, 6.45) is -0.226. The van der Waals surface area contributed by atoms with Crippen LogP contribution in [-0.2, 0) is 9.47 Å². The van der Waals surface area contributed by atoms with E-state index in [0.29, 0.717) is 18.6 Å². The first-order chi connectivity index (χ1) is 7.79. The number of aliphatic hydroxyl groups is 2. The van der Waals surface area contributed by atoms with Crippen LogP contribution >= 0.6 is 0 Å². The molecule has 0 radical (unpaired) electrons. The second-order valence-electron chi connectivity index (χ2n) is 4.95. The molecule has 0 amide bonds. The summed E-state index contributed by atoms with van der Waals surface area (Å²) in [6.45, 7) is 13.0. The van der Waals surface area contributed by atoms with Gasteiger partial charge in [0.1, 0.15) is 0 Å². The fraction of sp³-hybridized carbons (Fsp3) is 1.00. The SMILES string of the molecule is CC(C)COC(C)C.CC(O)COC(C)CO. The molecule has 0 aromatic rings. The zero-order valence-electron chi connectivity index (χ0n) is 12.1. The van der Waals surface area contributed by atoms with E-state index in [1.807, 2.05) is 0 Å². The van der Waals surface area contributed by atoms with Gasteiger partial charge in [0.15, 0.2) is 0 Å². The summed E-state index contributed by atoms with van der Waals surface area (Å²) in [5.41, 5.74) is 0. The molecule has 0 aliphatic carbocycles. The second-order valence-corrected chi connectivity index (χ2v) is 4.95. The highest BCUT2D eigenvalue weighted by atomic mass is 16.5. The van der Waals surface area contributed by atoms with Gasteiger partial charge in [-0.15, -0.1) is 0 Å². The summed E-state index contributed by atoms with van der Waals surface area (Å²) in [5, 5.41) is 17.1. The van der Waals surface area contributed by atoms with Crippen molar-refractivity contribution in [3.8, 4) is 0 Å². The second kappa shape index (κ2) is 12.3. The van der Waals surface area contributed by atoms with E-state index in [0.717, 1.165) is 6.61 Å². The fourth-order valence-electron chi connectivity index (χ4n) is 0.741. The van der Waals surface area contributed by atoms with E-state index in [1.54, 1.807) is 13.8 Å². The molecule has 0 spiro atoms. The van der Waals surface area contributed by atoms with E-state index in [-0.39, 0.29) is 12.7 Å². The lowest BCUT2D eigenvalue weighted by Gasteiger charge is -2.10. The zero-order chi connectivity index (χ0) is 13.8. The van der Waals surface area contributed by atoms with Crippen molar-refractivity contribution in [2.24, 2.45) is 5.92 Å². The summed E-state index contributed by atoms with van der Waals surface area (Å²) in [4.78, 5) is 0. The van der Waals surface area contributed by atoms with Crippen LogP contribution in [0.5, 0.6) is 0 Å². The van der Waals surface area contributed by atoms with Crippen molar-refractivity contribution in [1.82, 2.24) is 0 Å². The van der Waals surface area contributed by atoms with Gasteiger partial charge in [0.2, 0.25) is 0 Å². The molecule has 2 N–H and O–H groups in total. The van der Waals surface area contributed by atoms with Gasteiger partial charge in [-0.2, -0.15) is 0 Å². The predicted octanol–water partition coefficient (Wildman–Crippen LogP) is 1.83. The molecular weight excluding hydrogens is 220 g/mol. The van der Waals surface area contributed by atoms with Gasteiger partial charge >= 0.3 is 0 Å². The van der Waals surface area contributed by atoms with Crippen LogP contribution in [0.1, 0.15) is 41.5 Å². The van der Waals surface area contributed by atoms with Crippen LogP contribution < -0.4 is 0 Å². The average molecular weight is 250 g/mol. The third-order valence-electron chi connectivity index (χ3n) is 1.64. The molecule has 0 aromatic heterocycles. The Labute approximate surface area is 106 Å². The quantitative estimate of drug-likeness (QED) is 0.724. The first-order valence-corrected chi connectivity index (χ1v) is 6.31. The lowest BCUT2D eigenvalue weighted by molar-refractivity contribution is -0.0177. The Hall–Kier alpha value is -0.160. The third-order valence-corrected chi connectivity index (χ3v) is 1.64. The highest BCUT2D eigenvalue weighted by molar-refractivity contribution is 4.47. The van der Waals surface area contributed by atoms with Crippen LogP contribution in [0.4, 0.5) is 0 Å². The van der Waals surface area contributed by atoms with Gasteiger partial charge in [0, 0.05) is 6.61 Å². The first-order valence-electron chi connectivity index (χ1n) is 6.31. The molecule has 4 nitrogen and oxygen atoms in total. The molecular formula is C13H30O4. The third kappa shape index (κ3) is 21.6. The Balaban J connectivity index is 0. The van der Waals surface area contributed by atoms with E-state index in [1.165, 1.54) is 0 Å². The molecule has 0 aromatic carbocycles. The van der Waals surface area contributed by atoms with Crippen molar-refractivity contribution in [3.05, 3.63) is 0 Å². The molecule has 0 aliphatic rings. The van der Waals surface area contributed by atoms with Gasteiger partial charge < -0.3 is 19.7 Å². The molecule has 4 heteroatoms. The number of hydrogen-bond acceptors (Lipinski definition) is 4. The summed E-state index contributed by atoms with van der Waals surface area (Å²) >= 11 is 0. The maximum absolute atomic E-state index is 8.69. The van der Waals surface area contributed by atoms with Crippen LogP contribution in [0.3, 0.4) is 0 Å². The van der Waals surface area contributed by atoms with Crippen LogP contribution in [0, 0.1) is 5.92 Å². The van der Waals surface area contributed by atoms with E-state index in [9.17, 15) is 0 Å². The molecule has 106 valence electrons. The molecule has 0 heterocycles. The predicted molar refractivity (Wildman–Crippen MR) is 70.1 cm³/mol. The van der Waals surface area contributed by atoms with E-state index >= 15 is 0 Å². The zero-order valence-corrected chi connectivity index (χ0v) is 12.1. The number of aliphatic hydroxyl groups excluding tert-OH is 2. The maximum Gasteiger partial charge on any atom is 0.0779 e. The molecule has 0 saturated heterocycles. The maximum atomic E-state index is 8.69. The number of ether oxygens (including phenoxy) is 2. The van der Waals surface area contributed by atoms with Crippen LogP contribution in [-0.4, -0.2) is 48.3 Å². The van der Waals surface area contributed by atoms with E-state index in [2.05, 4.69) is 27.7 Å². The molecule has 2 unspecified atom stereocenters. The van der Waals surface area contributed by atoms with E-state index in [4.69, 9.17) is 19.7 Å². The van der Waals surface area contributed by atoms with Crippen LogP contribution in [0.15, 0.2) is 0 Å². The van der Waals surface area contributed by atoms with Gasteiger partial charge in [0.05, 0.1) is 31.5 Å². The molecule has 0 bridgehead atoms. The Morgan fingerprint density at radius 1 is 0.882 bits per heavy atom. The minimum atomic E-state index is -0.445. The lowest BCUT2D eigenvalue weighted by atomic mass is 10.2. The van der Waals surface area contributed by atoms with Gasteiger partial charge in [-0.1, -0.05) is 13.8 Å². The Morgan fingerprint density at radius 3 is 1.65 bits per heavy atom. The summed E-state index contributed by atoms with van der Waals surface area (Å²) in [6, 6.07) is 0. The summed E-state index contributed by atoms with van der Waals surface area (Å²) < 4.78 is 10.3. The van der Waals surface area contributed by atoms with Crippen LogP contribution in [0.2, 0.25) is 0 Å². The van der Waals surface area contributed by atoms with Gasteiger partial charge in [-0.25, -0.2) is 0 Å². The van der Waals surface area contributed by atoms with E-state index < -0.39 is 6.10 Å². The number of rotatable bonds is 7. The van der Waals surface area contributed by atoms with Gasteiger partial charge in [-0.05, 0) is 33.6 Å². The van der Waals surface area contributed by atoms with Gasteiger partial charge in [-0.3, -0.25) is 0 Å². The monoisotopic (exact) mass is 250 g/mol. The normalized spacial score (nSPS) is 14.5. The first kappa shape index (κ1) is 19.2. The molecule has 0 fully saturated rings. The standard InChI is InChI=1S/C7H16O.C6H14O3/c1-6(2)5-8-7(3)4;1-5(8)4-9-6(2)3-7/h6-7H,5H2,1-4H3;5-8H,3-4H2,1-2H3. The molecule has 0 saturated carbocycles. The van der Waals surface area contributed by atoms with Crippen molar-refractivity contribution in [2.45, 2.75) is 59.9 Å². The number of hydrogen-bond donors (Lipinski definition) is 2. The minimum Gasteiger partial charge on any atom is -0.394 e. The molecule has 2 atom stereocenters.